The zero-order valence-electron chi connectivity index (χ0n) is 13.3. The molecule has 0 radical (unpaired) electrons. The van der Waals surface area contributed by atoms with Gasteiger partial charge in [0.05, 0.1) is 0 Å². The number of amides is 1. The van der Waals surface area contributed by atoms with Crippen molar-refractivity contribution in [3.63, 3.8) is 0 Å². The lowest BCUT2D eigenvalue weighted by atomic mass is 9.76. The third-order valence-electron chi connectivity index (χ3n) is 3.65. The molecule has 4 nitrogen and oxygen atoms in total. The van der Waals surface area contributed by atoms with Gasteiger partial charge in [0.25, 0.3) is 0 Å². The van der Waals surface area contributed by atoms with Gasteiger partial charge in [-0.3, -0.25) is 4.79 Å². The van der Waals surface area contributed by atoms with E-state index >= 15 is 0 Å². The molecule has 1 atom stereocenters. The van der Waals surface area contributed by atoms with E-state index in [0.29, 0.717) is 25.4 Å². The maximum atomic E-state index is 11.8. The zero-order valence-corrected chi connectivity index (χ0v) is 13.3. The Bertz CT molecular complexity index is 270. The highest BCUT2D eigenvalue weighted by Gasteiger charge is 2.24. The minimum Gasteiger partial charge on any atom is -0.396 e. The van der Waals surface area contributed by atoms with Crippen LogP contribution in [0, 0.1) is 16.7 Å². The number of nitrogens with two attached hydrogens (primary N) is 1. The Balaban J connectivity index is 4.13. The van der Waals surface area contributed by atoms with Crippen LogP contribution >= 0.6 is 0 Å². The summed E-state index contributed by atoms with van der Waals surface area (Å²) in [4.78, 5) is 11.8. The molecule has 0 aromatic heterocycles. The lowest BCUT2D eigenvalue weighted by Gasteiger charge is -2.30. The van der Waals surface area contributed by atoms with Gasteiger partial charge in [-0.15, -0.1) is 0 Å². The molecular formula is C15H32N2O2. The summed E-state index contributed by atoms with van der Waals surface area (Å²) in [6.07, 6.45) is 2.36. The lowest BCUT2D eigenvalue weighted by Crippen LogP contribution is -2.36. The normalized spacial score (nSPS) is 14.3. The fourth-order valence-electron chi connectivity index (χ4n) is 2.00. The Morgan fingerprint density at radius 3 is 2.21 bits per heavy atom. The van der Waals surface area contributed by atoms with E-state index < -0.39 is 0 Å². The third kappa shape index (κ3) is 8.22. The van der Waals surface area contributed by atoms with Crippen molar-refractivity contribution < 1.29 is 9.90 Å². The van der Waals surface area contributed by atoms with Crippen LogP contribution in [0.5, 0.6) is 0 Å². The average Bonchev–Trinajstić information content (AvgIpc) is 2.30. The maximum Gasteiger partial charge on any atom is 0.220 e. The Morgan fingerprint density at radius 1 is 1.21 bits per heavy atom. The van der Waals surface area contributed by atoms with Gasteiger partial charge in [0, 0.05) is 25.0 Å². The van der Waals surface area contributed by atoms with E-state index in [0.717, 1.165) is 12.8 Å². The molecule has 0 aliphatic rings. The number of carbonyl (C=O) groups is 1. The van der Waals surface area contributed by atoms with Crippen LogP contribution < -0.4 is 11.1 Å². The molecule has 0 saturated carbocycles. The summed E-state index contributed by atoms with van der Waals surface area (Å²) in [5, 5.41) is 12.0. The highest BCUT2D eigenvalue weighted by Crippen LogP contribution is 2.32. The Labute approximate surface area is 118 Å². The highest BCUT2D eigenvalue weighted by atomic mass is 16.3. The number of hydrogen-bond acceptors (Lipinski definition) is 3. The predicted octanol–water partition coefficient (Wildman–Crippen LogP) is 1.91. The van der Waals surface area contributed by atoms with Crippen molar-refractivity contribution in [1.82, 2.24) is 5.32 Å². The topological polar surface area (TPSA) is 75.3 Å². The van der Waals surface area contributed by atoms with Crippen LogP contribution in [0.4, 0.5) is 0 Å². The first-order valence-electron chi connectivity index (χ1n) is 7.20. The molecule has 0 aliphatic heterocycles. The van der Waals surface area contributed by atoms with Gasteiger partial charge in [-0.2, -0.15) is 0 Å². The SMILES string of the molecule is CC(C)(CO)CNC(=O)CCC(CCN)C(C)(C)C. The third-order valence-corrected chi connectivity index (χ3v) is 3.65. The van der Waals surface area contributed by atoms with Crippen LogP contribution in [0.2, 0.25) is 0 Å². The number of hydrogen-bond donors (Lipinski definition) is 3. The van der Waals surface area contributed by atoms with Gasteiger partial charge >= 0.3 is 0 Å². The van der Waals surface area contributed by atoms with Crippen molar-refractivity contribution >= 4 is 5.91 Å². The van der Waals surface area contributed by atoms with Crippen molar-refractivity contribution in [2.45, 2.75) is 53.9 Å². The summed E-state index contributed by atoms with van der Waals surface area (Å²) in [5.41, 5.74) is 5.57. The summed E-state index contributed by atoms with van der Waals surface area (Å²) in [6.45, 7) is 11.7. The van der Waals surface area contributed by atoms with Crippen LogP contribution in [0.3, 0.4) is 0 Å². The van der Waals surface area contributed by atoms with Crippen molar-refractivity contribution in [3.8, 4) is 0 Å². The first-order chi connectivity index (χ1) is 8.62. The Kier molecular flexibility index (Phi) is 7.60. The number of nitrogens with one attached hydrogen (secondary N) is 1. The average molecular weight is 272 g/mol. The molecule has 0 aromatic rings. The number of carbonyl (C=O) groups excluding carboxylic acids is 1. The molecule has 4 N–H and O–H groups in total. The minimum absolute atomic E-state index is 0.0628. The molecule has 19 heavy (non-hydrogen) atoms. The van der Waals surface area contributed by atoms with Gasteiger partial charge in [-0.25, -0.2) is 0 Å². The second kappa shape index (κ2) is 7.85. The largest absolute Gasteiger partial charge is 0.396 e. The van der Waals surface area contributed by atoms with Crippen LogP contribution in [-0.2, 0) is 4.79 Å². The van der Waals surface area contributed by atoms with E-state index in [1.54, 1.807) is 0 Å². The molecule has 0 bridgehead atoms. The quantitative estimate of drug-likeness (QED) is 0.632. The molecule has 1 amide bonds. The second-order valence-electron chi connectivity index (χ2n) is 7.28. The molecule has 0 saturated heterocycles. The summed E-state index contributed by atoms with van der Waals surface area (Å²) < 4.78 is 0. The first-order valence-corrected chi connectivity index (χ1v) is 7.20. The molecule has 114 valence electrons. The number of aliphatic hydroxyl groups excluding tert-OH is 1. The van der Waals surface area contributed by atoms with Crippen LogP contribution in [-0.4, -0.2) is 30.7 Å². The van der Waals surface area contributed by atoms with E-state index in [1.165, 1.54) is 0 Å². The van der Waals surface area contributed by atoms with Crippen LogP contribution in [0.1, 0.15) is 53.9 Å². The molecular weight excluding hydrogens is 240 g/mol. The van der Waals surface area contributed by atoms with E-state index in [9.17, 15) is 4.79 Å². The van der Waals surface area contributed by atoms with E-state index in [1.807, 2.05) is 13.8 Å². The molecule has 0 heterocycles. The van der Waals surface area contributed by atoms with Gasteiger partial charge in [-0.1, -0.05) is 34.6 Å². The highest BCUT2D eigenvalue weighted by molar-refractivity contribution is 5.75. The fourth-order valence-corrected chi connectivity index (χ4v) is 2.00. The summed E-state index contributed by atoms with van der Waals surface area (Å²) in [7, 11) is 0. The molecule has 0 rings (SSSR count). The van der Waals surface area contributed by atoms with Gasteiger partial charge in [0.2, 0.25) is 5.91 Å². The monoisotopic (exact) mass is 272 g/mol. The van der Waals surface area contributed by atoms with Crippen LogP contribution in [0.15, 0.2) is 0 Å². The standard InChI is InChI=1S/C15H32N2O2/c1-14(2,3)12(8-9-16)6-7-13(19)17-10-15(4,5)11-18/h12,18H,6-11,16H2,1-5H3,(H,17,19). The molecule has 4 heteroatoms. The first kappa shape index (κ1) is 18.4. The second-order valence-corrected chi connectivity index (χ2v) is 7.28. The fraction of sp³-hybridized carbons (Fsp3) is 0.933. The van der Waals surface area contributed by atoms with E-state index in [2.05, 4.69) is 26.1 Å². The molecule has 1 unspecified atom stereocenters. The number of aliphatic hydroxyl groups is 1. The van der Waals surface area contributed by atoms with E-state index in [-0.39, 0.29) is 23.3 Å². The molecule has 0 spiro atoms. The summed E-state index contributed by atoms with van der Waals surface area (Å²) in [6, 6.07) is 0. The van der Waals surface area contributed by atoms with Gasteiger partial charge < -0.3 is 16.2 Å². The van der Waals surface area contributed by atoms with Crippen molar-refractivity contribution in [3.05, 3.63) is 0 Å². The van der Waals surface area contributed by atoms with Gasteiger partial charge in [0.15, 0.2) is 0 Å². The predicted molar refractivity (Wildman–Crippen MR) is 79.7 cm³/mol. The lowest BCUT2D eigenvalue weighted by molar-refractivity contribution is -0.122. The van der Waals surface area contributed by atoms with Crippen molar-refractivity contribution in [2.24, 2.45) is 22.5 Å². The van der Waals surface area contributed by atoms with Crippen LogP contribution in [0.25, 0.3) is 0 Å². The molecule has 0 aromatic carbocycles. The van der Waals surface area contributed by atoms with E-state index in [4.69, 9.17) is 10.8 Å². The van der Waals surface area contributed by atoms with Crippen molar-refractivity contribution in [1.29, 1.82) is 0 Å². The maximum absolute atomic E-state index is 11.8. The smallest absolute Gasteiger partial charge is 0.220 e. The zero-order chi connectivity index (χ0) is 15.1. The number of rotatable bonds is 8. The summed E-state index contributed by atoms with van der Waals surface area (Å²) in [5.74, 6) is 0.530. The van der Waals surface area contributed by atoms with Crippen molar-refractivity contribution in [2.75, 3.05) is 19.7 Å². The molecule has 0 fully saturated rings. The Morgan fingerprint density at radius 2 is 1.79 bits per heavy atom. The van der Waals surface area contributed by atoms with Gasteiger partial charge in [-0.05, 0) is 30.7 Å². The molecule has 0 aliphatic carbocycles. The van der Waals surface area contributed by atoms with Gasteiger partial charge in [0.1, 0.15) is 0 Å². The summed E-state index contributed by atoms with van der Waals surface area (Å²) >= 11 is 0. The Hall–Kier alpha value is -0.610. The minimum atomic E-state index is -0.254.